The molecule has 0 saturated heterocycles. The highest BCUT2D eigenvalue weighted by Crippen LogP contribution is 2.43. The van der Waals surface area contributed by atoms with Crippen LogP contribution >= 0.6 is 0 Å². The molecule has 0 radical (unpaired) electrons. The van der Waals surface area contributed by atoms with Gasteiger partial charge >= 0.3 is 6.09 Å². The minimum atomic E-state index is -1.42. The number of hydrogen-bond acceptors (Lipinski definition) is 5. The number of fused-ring (bicyclic) bond motifs is 2. The number of ether oxygens (including phenoxy) is 1. The van der Waals surface area contributed by atoms with Gasteiger partial charge in [-0.3, -0.25) is 15.0 Å². The van der Waals surface area contributed by atoms with Crippen molar-refractivity contribution >= 4 is 39.9 Å². The van der Waals surface area contributed by atoms with Crippen LogP contribution in [-0.4, -0.2) is 47.4 Å². The lowest BCUT2D eigenvalue weighted by Crippen LogP contribution is -3.00. The molecule has 1 unspecified atom stereocenters. The first kappa shape index (κ1) is 24.8. The summed E-state index contributed by atoms with van der Waals surface area (Å²) in [6.07, 6.45) is -0.244. The average molecular weight is 465 g/mol. The first-order valence-electron chi connectivity index (χ1n) is 10.1. The highest BCUT2D eigenvalue weighted by Gasteiger charge is 2.32. The highest BCUT2D eigenvalue weighted by atomic mass is 35.5. The first-order chi connectivity index (χ1) is 14.5. The van der Waals surface area contributed by atoms with E-state index in [9.17, 15) is 13.8 Å². The normalized spacial score (nSPS) is 14.3. The minimum absolute atomic E-state index is 0. The maximum absolute atomic E-state index is 13.3. The molecule has 0 saturated carbocycles. The zero-order valence-corrected chi connectivity index (χ0v) is 19.5. The van der Waals surface area contributed by atoms with E-state index < -0.39 is 16.9 Å². The van der Waals surface area contributed by atoms with Crippen molar-refractivity contribution in [3.8, 4) is 0 Å². The SMILES string of the molecule is CCOC(=O)Nc1ccc2c(c1)N(C(=O)CCN(CC)CC)c1ccccc1S2=O.[Cl-]. The summed E-state index contributed by atoms with van der Waals surface area (Å²) in [7, 11) is -1.42. The summed E-state index contributed by atoms with van der Waals surface area (Å²) in [6, 6.07) is 12.3. The Morgan fingerprint density at radius 1 is 1.03 bits per heavy atom. The Balaban J connectivity index is 0.00000341. The van der Waals surface area contributed by atoms with Crippen LogP contribution in [0.2, 0.25) is 0 Å². The van der Waals surface area contributed by atoms with Crippen LogP contribution < -0.4 is 22.6 Å². The van der Waals surface area contributed by atoms with Crippen molar-refractivity contribution in [3.63, 3.8) is 0 Å². The van der Waals surface area contributed by atoms with E-state index >= 15 is 0 Å². The summed E-state index contributed by atoms with van der Waals surface area (Å²) in [5, 5.41) is 2.65. The van der Waals surface area contributed by atoms with Crippen molar-refractivity contribution in [1.82, 2.24) is 4.90 Å². The second-order valence-electron chi connectivity index (χ2n) is 6.77. The predicted molar refractivity (Wildman–Crippen MR) is 118 cm³/mol. The van der Waals surface area contributed by atoms with Crippen molar-refractivity contribution < 1.29 is 30.9 Å². The van der Waals surface area contributed by atoms with Gasteiger partial charge in [0.25, 0.3) is 0 Å². The number of benzene rings is 2. The molecule has 0 bridgehead atoms. The average Bonchev–Trinajstić information content (AvgIpc) is 2.74. The van der Waals surface area contributed by atoms with Crippen LogP contribution in [0.3, 0.4) is 0 Å². The fraction of sp³-hybridized carbons (Fsp3) is 0.364. The van der Waals surface area contributed by atoms with Crippen LogP contribution in [-0.2, 0) is 20.3 Å². The number of para-hydroxylation sites is 1. The van der Waals surface area contributed by atoms with Crippen molar-refractivity contribution in [2.75, 3.05) is 36.5 Å². The van der Waals surface area contributed by atoms with Crippen LogP contribution in [0.15, 0.2) is 52.3 Å². The lowest BCUT2D eigenvalue weighted by atomic mass is 10.2. The number of nitrogens with zero attached hydrogens (tertiary/aromatic N) is 2. The molecule has 2 aromatic rings. The van der Waals surface area contributed by atoms with Crippen LogP contribution in [0, 0.1) is 0 Å². The van der Waals surface area contributed by atoms with Gasteiger partial charge in [-0.25, -0.2) is 9.00 Å². The van der Waals surface area contributed by atoms with Gasteiger partial charge in [0.1, 0.15) is 0 Å². The van der Waals surface area contributed by atoms with Crippen molar-refractivity contribution in [3.05, 3.63) is 42.5 Å². The van der Waals surface area contributed by atoms with Gasteiger partial charge < -0.3 is 22.0 Å². The maximum atomic E-state index is 13.3. The third kappa shape index (κ3) is 5.44. The molecule has 2 amide bonds. The van der Waals surface area contributed by atoms with Gasteiger partial charge in [0.2, 0.25) is 5.91 Å². The van der Waals surface area contributed by atoms with Gasteiger partial charge in [-0.1, -0.05) is 26.0 Å². The number of hydrogen-bond donors (Lipinski definition) is 1. The first-order valence-corrected chi connectivity index (χ1v) is 11.3. The summed E-state index contributed by atoms with van der Waals surface area (Å²) in [6.45, 7) is 8.49. The zero-order chi connectivity index (χ0) is 21.7. The van der Waals surface area contributed by atoms with Gasteiger partial charge in [0.15, 0.2) is 0 Å². The molecule has 1 atom stereocenters. The van der Waals surface area contributed by atoms with Crippen molar-refractivity contribution in [2.24, 2.45) is 0 Å². The molecular formula is C22H27ClN3O4S-. The van der Waals surface area contributed by atoms with E-state index in [0.29, 0.717) is 39.8 Å². The maximum Gasteiger partial charge on any atom is 0.411 e. The number of rotatable bonds is 7. The summed E-state index contributed by atoms with van der Waals surface area (Å²) in [5.74, 6) is -0.0828. The summed E-state index contributed by atoms with van der Waals surface area (Å²) in [5.41, 5.74) is 1.61. The Morgan fingerprint density at radius 2 is 1.71 bits per heavy atom. The standard InChI is InChI=1S/C22H27N3O4S.ClH/c1-4-24(5-2)14-13-21(26)25-17-9-7-8-10-19(17)30(28)20-12-11-16(15-18(20)25)23-22(27)29-6-3;/h7-12,15H,4-6,13-14H2,1-3H3,(H,23,27);1H/p-1. The number of amides is 2. The van der Waals surface area contributed by atoms with Gasteiger partial charge in [0.05, 0.1) is 38.6 Å². The van der Waals surface area contributed by atoms with E-state index in [1.165, 1.54) is 0 Å². The molecule has 3 rings (SSSR count). The molecule has 1 N–H and O–H groups in total. The molecule has 7 nitrogen and oxygen atoms in total. The predicted octanol–water partition coefficient (Wildman–Crippen LogP) is 1.14. The fourth-order valence-electron chi connectivity index (χ4n) is 3.43. The van der Waals surface area contributed by atoms with Crippen LogP contribution in [0.4, 0.5) is 21.9 Å². The van der Waals surface area contributed by atoms with E-state index in [1.54, 1.807) is 42.2 Å². The number of nitrogens with one attached hydrogen (secondary N) is 1. The zero-order valence-electron chi connectivity index (χ0n) is 17.9. The Labute approximate surface area is 191 Å². The molecule has 1 aliphatic rings. The highest BCUT2D eigenvalue weighted by molar-refractivity contribution is 7.85. The summed E-state index contributed by atoms with van der Waals surface area (Å²) < 4.78 is 18.1. The molecule has 1 aliphatic heterocycles. The lowest BCUT2D eigenvalue weighted by molar-refractivity contribution is -0.118. The van der Waals surface area contributed by atoms with Gasteiger partial charge in [-0.15, -0.1) is 0 Å². The van der Waals surface area contributed by atoms with Crippen LogP contribution in [0.5, 0.6) is 0 Å². The number of carbonyl (C=O) groups is 2. The van der Waals surface area contributed by atoms with Gasteiger partial charge in [-0.2, -0.15) is 0 Å². The fourth-order valence-corrected chi connectivity index (χ4v) is 4.75. The van der Waals surface area contributed by atoms with Crippen LogP contribution in [0.25, 0.3) is 0 Å². The monoisotopic (exact) mass is 464 g/mol. The van der Waals surface area contributed by atoms with E-state index in [2.05, 4.69) is 24.1 Å². The topological polar surface area (TPSA) is 79.0 Å². The number of carbonyl (C=O) groups excluding carboxylic acids is 2. The van der Waals surface area contributed by atoms with E-state index in [-0.39, 0.29) is 24.9 Å². The third-order valence-electron chi connectivity index (χ3n) is 5.01. The minimum Gasteiger partial charge on any atom is -1.00 e. The molecule has 1 heterocycles. The third-order valence-corrected chi connectivity index (χ3v) is 6.50. The van der Waals surface area contributed by atoms with E-state index in [0.717, 1.165) is 13.1 Å². The van der Waals surface area contributed by atoms with Crippen molar-refractivity contribution in [2.45, 2.75) is 37.0 Å². The van der Waals surface area contributed by atoms with Crippen molar-refractivity contribution in [1.29, 1.82) is 0 Å². The molecule has 31 heavy (non-hydrogen) atoms. The Kier molecular flexibility index (Phi) is 9.03. The molecule has 2 aromatic carbocycles. The lowest BCUT2D eigenvalue weighted by Gasteiger charge is -2.32. The smallest absolute Gasteiger partial charge is 0.411 e. The molecule has 0 aromatic heterocycles. The summed E-state index contributed by atoms with van der Waals surface area (Å²) in [4.78, 5) is 30.1. The molecular weight excluding hydrogens is 438 g/mol. The largest absolute Gasteiger partial charge is 1.00 e. The molecule has 0 fully saturated rings. The Morgan fingerprint density at radius 3 is 2.39 bits per heavy atom. The van der Waals surface area contributed by atoms with E-state index in [4.69, 9.17) is 4.74 Å². The number of halogens is 1. The molecule has 9 heteroatoms. The van der Waals surface area contributed by atoms with Gasteiger partial charge in [-0.05, 0) is 50.3 Å². The Hall–Kier alpha value is -2.42. The molecule has 0 spiro atoms. The molecule has 0 aliphatic carbocycles. The quantitative estimate of drug-likeness (QED) is 0.664. The van der Waals surface area contributed by atoms with Crippen LogP contribution in [0.1, 0.15) is 27.2 Å². The second kappa shape index (κ2) is 11.3. The summed E-state index contributed by atoms with van der Waals surface area (Å²) >= 11 is 0. The number of anilines is 3. The Bertz CT molecular complexity index is 966. The second-order valence-corrected chi connectivity index (χ2v) is 8.19. The molecule has 168 valence electrons. The van der Waals surface area contributed by atoms with Gasteiger partial charge in [0, 0.05) is 18.7 Å². The van der Waals surface area contributed by atoms with E-state index in [1.807, 2.05) is 12.1 Å².